The van der Waals surface area contributed by atoms with Crippen LogP contribution in [0.5, 0.6) is 0 Å². The van der Waals surface area contributed by atoms with Gasteiger partial charge in [0, 0.05) is 47.6 Å². The second-order valence-corrected chi connectivity index (χ2v) is 7.56. The number of para-hydroxylation sites is 1. The minimum absolute atomic E-state index is 0.119. The lowest BCUT2D eigenvalue weighted by molar-refractivity contribution is -0.120. The summed E-state index contributed by atoms with van der Waals surface area (Å²) < 4.78 is 5.04. The summed E-state index contributed by atoms with van der Waals surface area (Å²) in [4.78, 5) is 27.6. The van der Waals surface area contributed by atoms with Gasteiger partial charge in [-0.3, -0.25) is 9.59 Å². The van der Waals surface area contributed by atoms with Crippen LogP contribution >= 0.6 is 11.6 Å². The molecule has 2 aromatic heterocycles. The number of halogens is 1. The first-order chi connectivity index (χ1) is 15.1. The molecule has 1 unspecified atom stereocenters. The van der Waals surface area contributed by atoms with E-state index >= 15 is 0 Å². The fourth-order valence-electron chi connectivity index (χ4n) is 3.62. The molecular formula is C24H22ClN3O3. The van der Waals surface area contributed by atoms with E-state index in [1.165, 1.54) is 6.26 Å². The van der Waals surface area contributed by atoms with Gasteiger partial charge in [0.15, 0.2) is 5.76 Å². The zero-order valence-corrected chi connectivity index (χ0v) is 17.5. The molecule has 158 valence electrons. The van der Waals surface area contributed by atoms with Crippen molar-refractivity contribution >= 4 is 34.3 Å². The maximum atomic E-state index is 12.4. The number of rotatable bonds is 8. The Bertz CT molecular complexity index is 1180. The van der Waals surface area contributed by atoms with Crippen molar-refractivity contribution in [3.05, 3.63) is 95.0 Å². The van der Waals surface area contributed by atoms with Gasteiger partial charge in [-0.2, -0.15) is 0 Å². The van der Waals surface area contributed by atoms with Gasteiger partial charge in [-0.05, 0) is 35.4 Å². The van der Waals surface area contributed by atoms with E-state index in [1.54, 1.807) is 12.1 Å². The first-order valence-corrected chi connectivity index (χ1v) is 10.4. The number of aromatic nitrogens is 1. The highest BCUT2D eigenvalue weighted by molar-refractivity contribution is 6.31. The number of fused-ring (bicyclic) bond motifs is 1. The Kier molecular flexibility index (Phi) is 6.38. The van der Waals surface area contributed by atoms with Crippen molar-refractivity contribution in [1.29, 1.82) is 0 Å². The minimum atomic E-state index is -0.342. The number of hydrogen-bond donors (Lipinski definition) is 3. The average Bonchev–Trinajstić information content (AvgIpc) is 3.46. The van der Waals surface area contributed by atoms with Crippen molar-refractivity contribution < 1.29 is 14.0 Å². The summed E-state index contributed by atoms with van der Waals surface area (Å²) in [7, 11) is 0. The number of carbonyl (C=O) groups is 2. The summed E-state index contributed by atoms with van der Waals surface area (Å²) in [6, 6.07) is 18.9. The SMILES string of the molecule is O=C(CCNC(=O)c1ccco1)NCC(c1ccccc1Cl)c1c[nH]c2ccccc12. The molecule has 2 amide bonds. The molecule has 0 spiro atoms. The van der Waals surface area contributed by atoms with E-state index in [1.807, 2.05) is 48.7 Å². The molecule has 2 heterocycles. The first-order valence-electron chi connectivity index (χ1n) is 10.0. The van der Waals surface area contributed by atoms with Crippen molar-refractivity contribution in [2.45, 2.75) is 12.3 Å². The van der Waals surface area contributed by atoms with Crippen molar-refractivity contribution in [3.63, 3.8) is 0 Å². The van der Waals surface area contributed by atoms with Crippen molar-refractivity contribution in [2.24, 2.45) is 0 Å². The van der Waals surface area contributed by atoms with E-state index in [2.05, 4.69) is 21.7 Å². The topological polar surface area (TPSA) is 87.1 Å². The van der Waals surface area contributed by atoms with Gasteiger partial charge in [-0.15, -0.1) is 0 Å². The lowest BCUT2D eigenvalue weighted by Crippen LogP contribution is -2.33. The third kappa shape index (κ3) is 4.81. The molecule has 2 aromatic carbocycles. The molecule has 4 aromatic rings. The summed E-state index contributed by atoms with van der Waals surface area (Å²) in [6.07, 6.45) is 3.56. The Hall–Kier alpha value is -3.51. The van der Waals surface area contributed by atoms with Crippen LogP contribution in [0.2, 0.25) is 5.02 Å². The van der Waals surface area contributed by atoms with E-state index in [0.29, 0.717) is 11.6 Å². The zero-order chi connectivity index (χ0) is 21.6. The Balaban J connectivity index is 1.44. The van der Waals surface area contributed by atoms with Crippen molar-refractivity contribution in [3.8, 4) is 0 Å². The largest absolute Gasteiger partial charge is 0.459 e. The first kappa shape index (κ1) is 20.8. The third-order valence-corrected chi connectivity index (χ3v) is 5.51. The molecule has 0 saturated carbocycles. The summed E-state index contributed by atoms with van der Waals surface area (Å²) in [5.74, 6) is -0.396. The number of nitrogens with one attached hydrogen (secondary N) is 3. The highest BCUT2D eigenvalue weighted by atomic mass is 35.5. The van der Waals surface area contributed by atoms with Crippen LogP contribution in [0.1, 0.15) is 34.0 Å². The Morgan fingerprint density at radius 3 is 2.58 bits per heavy atom. The lowest BCUT2D eigenvalue weighted by Gasteiger charge is -2.19. The van der Waals surface area contributed by atoms with Gasteiger partial charge in [0.1, 0.15) is 0 Å². The predicted octanol–water partition coefficient (Wildman–Crippen LogP) is 4.48. The van der Waals surface area contributed by atoms with Crippen LogP contribution in [-0.4, -0.2) is 29.9 Å². The van der Waals surface area contributed by atoms with E-state index in [4.69, 9.17) is 16.0 Å². The standard InChI is InChI=1S/C24H22ClN3O3/c25-20-8-3-1-6-16(20)18(19-14-27-21-9-4-2-7-17(19)21)15-28-23(29)11-12-26-24(30)22-10-5-13-31-22/h1-10,13-14,18,27H,11-12,15H2,(H,26,30)(H,28,29). The van der Waals surface area contributed by atoms with Crippen LogP contribution in [0.15, 0.2) is 77.5 Å². The fourth-order valence-corrected chi connectivity index (χ4v) is 3.88. The highest BCUT2D eigenvalue weighted by Crippen LogP contribution is 2.34. The van der Waals surface area contributed by atoms with Gasteiger partial charge < -0.3 is 20.0 Å². The van der Waals surface area contributed by atoms with Crippen LogP contribution in [-0.2, 0) is 4.79 Å². The molecule has 1 atom stereocenters. The molecule has 6 nitrogen and oxygen atoms in total. The van der Waals surface area contributed by atoms with Crippen LogP contribution in [0, 0.1) is 0 Å². The summed E-state index contributed by atoms with van der Waals surface area (Å²) in [6.45, 7) is 0.603. The minimum Gasteiger partial charge on any atom is -0.459 e. The van der Waals surface area contributed by atoms with E-state index < -0.39 is 0 Å². The van der Waals surface area contributed by atoms with Gasteiger partial charge in [0.25, 0.3) is 5.91 Å². The molecule has 0 aliphatic heterocycles. The molecule has 7 heteroatoms. The van der Waals surface area contributed by atoms with E-state index in [-0.39, 0.29) is 36.5 Å². The number of hydrogen-bond acceptors (Lipinski definition) is 3. The molecule has 0 saturated heterocycles. The van der Waals surface area contributed by atoms with Crippen molar-refractivity contribution in [1.82, 2.24) is 15.6 Å². The second-order valence-electron chi connectivity index (χ2n) is 7.15. The van der Waals surface area contributed by atoms with E-state index in [0.717, 1.165) is 22.0 Å². The van der Waals surface area contributed by atoms with Gasteiger partial charge in [-0.25, -0.2) is 0 Å². The van der Waals surface area contributed by atoms with Gasteiger partial charge in [0.05, 0.1) is 6.26 Å². The second kappa shape index (κ2) is 9.53. The fraction of sp³-hybridized carbons (Fsp3) is 0.167. The average molecular weight is 436 g/mol. The van der Waals surface area contributed by atoms with Crippen molar-refractivity contribution in [2.75, 3.05) is 13.1 Å². The van der Waals surface area contributed by atoms with Gasteiger partial charge in [-0.1, -0.05) is 48.0 Å². The number of benzene rings is 2. The normalized spacial score (nSPS) is 11.9. The molecule has 3 N–H and O–H groups in total. The maximum absolute atomic E-state index is 12.4. The van der Waals surface area contributed by atoms with Gasteiger partial charge in [0.2, 0.25) is 5.91 Å². The quantitative estimate of drug-likeness (QED) is 0.381. The molecule has 0 fully saturated rings. The number of carbonyl (C=O) groups excluding carboxylic acids is 2. The Morgan fingerprint density at radius 1 is 0.968 bits per heavy atom. The highest BCUT2D eigenvalue weighted by Gasteiger charge is 2.21. The molecule has 0 radical (unpaired) electrons. The number of H-pyrrole nitrogens is 1. The Morgan fingerprint density at radius 2 is 1.77 bits per heavy atom. The third-order valence-electron chi connectivity index (χ3n) is 5.16. The molecule has 31 heavy (non-hydrogen) atoms. The zero-order valence-electron chi connectivity index (χ0n) is 16.7. The summed E-state index contributed by atoms with van der Waals surface area (Å²) >= 11 is 6.49. The molecule has 0 aliphatic carbocycles. The maximum Gasteiger partial charge on any atom is 0.286 e. The molecule has 0 bridgehead atoms. The van der Waals surface area contributed by atoms with E-state index in [9.17, 15) is 9.59 Å². The van der Waals surface area contributed by atoms with Crippen LogP contribution in [0.4, 0.5) is 0 Å². The van der Waals surface area contributed by atoms with Crippen LogP contribution < -0.4 is 10.6 Å². The van der Waals surface area contributed by atoms with Crippen LogP contribution in [0.25, 0.3) is 10.9 Å². The summed E-state index contributed by atoms with van der Waals surface area (Å²) in [5.41, 5.74) is 3.04. The number of furan rings is 1. The van der Waals surface area contributed by atoms with Gasteiger partial charge >= 0.3 is 0 Å². The molecule has 4 rings (SSSR count). The Labute approximate surface area is 184 Å². The predicted molar refractivity (Wildman–Crippen MR) is 120 cm³/mol. The summed E-state index contributed by atoms with van der Waals surface area (Å²) in [5, 5.41) is 7.40. The molecular weight excluding hydrogens is 414 g/mol. The monoisotopic (exact) mass is 435 g/mol. The number of amides is 2. The molecule has 0 aliphatic rings. The smallest absolute Gasteiger partial charge is 0.286 e. The number of aromatic amines is 1. The lowest BCUT2D eigenvalue weighted by atomic mass is 9.90. The van der Waals surface area contributed by atoms with Crippen LogP contribution in [0.3, 0.4) is 0 Å².